The van der Waals surface area contributed by atoms with Crippen molar-refractivity contribution in [2.24, 2.45) is 5.92 Å². The zero-order chi connectivity index (χ0) is 17.5. The van der Waals surface area contributed by atoms with Crippen LogP contribution in [0.5, 0.6) is 0 Å². The highest BCUT2D eigenvalue weighted by Crippen LogP contribution is 2.45. The lowest BCUT2D eigenvalue weighted by Crippen LogP contribution is -2.60. The topological polar surface area (TPSA) is 56.2 Å². The van der Waals surface area contributed by atoms with Crippen molar-refractivity contribution in [3.05, 3.63) is 34.3 Å². The van der Waals surface area contributed by atoms with Gasteiger partial charge in [-0.15, -0.1) is 11.8 Å². The maximum atomic E-state index is 12.2. The van der Waals surface area contributed by atoms with Crippen LogP contribution in [0.2, 0.25) is 0 Å². The van der Waals surface area contributed by atoms with Crippen molar-refractivity contribution in [1.29, 1.82) is 5.41 Å². The van der Waals surface area contributed by atoms with Crippen molar-refractivity contribution in [1.82, 2.24) is 10.2 Å². The van der Waals surface area contributed by atoms with Gasteiger partial charge < -0.3 is 5.32 Å². The van der Waals surface area contributed by atoms with Gasteiger partial charge in [-0.1, -0.05) is 23.8 Å². The fourth-order valence-electron chi connectivity index (χ4n) is 3.39. The normalized spacial score (nSPS) is 32.1. The average Bonchev–Trinajstić information content (AvgIpc) is 3.27. The van der Waals surface area contributed by atoms with Gasteiger partial charge >= 0.3 is 0 Å². The third-order valence-electron chi connectivity index (χ3n) is 5.26. The van der Waals surface area contributed by atoms with Crippen LogP contribution in [0.1, 0.15) is 46.5 Å². The number of carbonyl (C=O) groups excluding carboxylic acids is 1. The summed E-state index contributed by atoms with van der Waals surface area (Å²) in [4.78, 5) is 14.7. The molecule has 0 aromatic rings. The number of guanidine groups is 1. The first-order chi connectivity index (χ1) is 11.3. The van der Waals surface area contributed by atoms with Gasteiger partial charge in [0.2, 0.25) is 5.91 Å². The molecule has 2 unspecified atom stereocenters. The van der Waals surface area contributed by atoms with E-state index in [0.29, 0.717) is 11.7 Å². The molecule has 0 bridgehead atoms. The third-order valence-corrected chi connectivity index (χ3v) is 6.88. The van der Waals surface area contributed by atoms with Gasteiger partial charge in [0.05, 0.1) is 12.0 Å². The van der Waals surface area contributed by atoms with Crippen molar-refractivity contribution in [3.8, 4) is 0 Å². The molecule has 2 N–H and O–H groups in total. The lowest BCUT2D eigenvalue weighted by atomic mass is 9.93. The van der Waals surface area contributed by atoms with E-state index < -0.39 is 5.54 Å². The minimum absolute atomic E-state index is 0.00179. The highest BCUT2D eigenvalue weighted by atomic mass is 32.2. The van der Waals surface area contributed by atoms with Crippen LogP contribution in [0.25, 0.3) is 0 Å². The molecule has 0 aromatic heterocycles. The number of hydrogen-bond donors (Lipinski definition) is 2. The van der Waals surface area contributed by atoms with Crippen LogP contribution >= 0.6 is 11.8 Å². The first-order valence-corrected chi connectivity index (χ1v) is 9.57. The van der Waals surface area contributed by atoms with Crippen molar-refractivity contribution in [3.63, 3.8) is 0 Å². The lowest BCUT2D eigenvalue weighted by Gasteiger charge is -2.40. The number of allylic oxidation sites excluding steroid dienone is 4. The molecule has 0 aromatic carbocycles. The number of thioether (sulfide) groups is 1. The van der Waals surface area contributed by atoms with Gasteiger partial charge in [0.15, 0.2) is 5.96 Å². The summed E-state index contributed by atoms with van der Waals surface area (Å²) >= 11 is 1.85. The molecular formula is C19H27N3OS. The average molecular weight is 346 g/mol. The summed E-state index contributed by atoms with van der Waals surface area (Å²) in [6, 6.07) is 0. The number of nitrogens with zero attached hydrogens (tertiary/aromatic N) is 1. The van der Waals surface area contributed by atoms with E-state index in [1.807, 2.05) is 18.7 Å². The van der Waals surface area contributed by atoms with E-state index in [1.54, 1.807) is 7.05 Å². The van der Waals surface area contributed by atoms with Crippen LogP contribution in [-0.2, 0) is 4.79 Å². The molecule has 1 aliphatic carbocycles. The molecule has 2 heterocycles. The number of hydrogen-bond acceptors (Lipinski definition) is 3. The van der Waals surface area contributed by atoms with Gasteiger partial charge in [-0.05, 0) is 51.5 Å². The predicted molar refractivity (Wildman–Crippen MR) is 101 cm³/mol. The largest absolute Gasteiger partial charge is 0.346 e. The zero-order valence-electron chi connectivity index (χ0n) is 15.0. The quantitative estimate of drug-likeness (QED) is 0.762. The first kappa shape index (κ1) is 17.3. The van der Waals surface area contributed by atoms with E-state index in [0.717, 1.165) is 12.3 Å². The van der Waals surface area contributed by atoms with Crippen LogP contribution in [0, 0.1) is 11.3 Å². The molecule has 2 fully saturated rings. The fourth-order valence-corrected chi connectivity index (χ4v) is 4.80. The van der Waals surface area contributed by atoms with E-state index in [4.69, 9.17) is 5.41 Å². The third kappa shape index (κ3) is 3.32. The summed E-state index contributed by atoms with van der Waals surface area (Å²) in [5, 5.41) is 11.6. The molecule has 0 spiro atoms. The van der Waals surface area contributed by atoms with E-state index >= 15 is 0 Å². The lowest BCUT2D eigenvalue weighted by molar-refractivity contribution is -0.128. The Kier molecular flexibility index (Phi) is 4.65. The summed E-state index contributed by atoms with van der Waals surface area (Å²) in [7, 11) is 1.65. The van der Waals surface area contributed by atoms with Crippen molar-refractivity contribution in [2.45, 2.75) is 57.2 Å². The molecule has 0 radical (unpaired) electrons. The predicted octanol–water partition coefficient (Wildman–Crippen LogP) is 3.82. The zero-order valence-corrected chi connectivity index (χ0v) is 15.8. The summed E-state index contributed by atoms with van der Waals surface area (Å²) in [6.07, 6.45) is 10.9. The molecule has 5 heteroatoms. The molecule has 1 amide bonds. The second-order valence-electron chi connectivity index (χ2n) is 7.30. The Labute approximate surface area is 149 Å². The fraction of sp³-hybridized carbons (Fsp3) is 0.579. The second-order valence-corrected chi connectivity index (χ2v) is 8.54. The number of nitrogens with one attached hydrogen (secondary N) is 2. The molecular weight excluding hydrogens is 318 g/mol. The summed E-state index contributed by atoms with van der Waals surface area (Å²) in [6.45, 7) is 6.39. The molecule has 1 saturated carbocycles. The van der Waals surface area contributed by atoms with Gasteiger partial charge in [-0.2, -0.15) is 0 Å². The van der Waals surface area contributed by atoms with E-state index in [-0.39, 0.29) is 11.9 Å². The minimum Gasteiger partial charge on any atom is -0.346 e. The van der Waals surface area contributed by atoms with E-state index in [9.17, 15) is 4.79 Å². The SMILES string of the molecule is C/C=C(\C=C(\C)C1CC1)C1CC=C(C2(C)CC(=O)N(C)C(=N)N2)S1. The summed E-state index contributed by atoms with van der Waals surface area (Å²) in [5.41, 5.74) is 2.43. The van der Waals surface area contributed by atoms with Gasteiger partial charge in [-0.3, -0.25) is 15.1 Å². The molecule has 3 rings (SSSR count). The molecule has 130 valence electrons. The number of carbonyl (C=O) groups is 1. The summed E-state index contributed by atoms with van der Waals surface area (Å²) in [5.74, 6) is 0.987. The van der Waals surface area contributed by atoms with Gasteiger partial charge in [0, 0.05) is 17.2 Å². The van der Waals surface area contributed by atoms with Crippen LogP contribution < -0.4 is 5.32 Å². The molecule has 1 saturated heterocycles. The Morgan fingerprint density at radius 3 is 2.79 bits per heavy atom. The second kappa shape index (κ2) is 6.43. The molecule has 24 heavy (non-hydrogen) atoms. The van der Waals surface area contributed by atoms with Gasteiger partial charge in [0.1, 0.15) is 0 Å². The van der Waals surface area contributed by atoms with Crippen LogP contribution in [0.3, 0.4) is 0 Å². The Bertz CT molecular complexity index is 640. The first-order valence-electron chi connectivity index (χ1n) is 8.69. The minimum atomic E-state index is -0.450. The number of rotatable bonds is 4. The molecule has 3 aliphatic rings. The van der Waals surface area contributed by atoms with Crippen molar-refractivity contribution in [2.75, 3.05) is 7.05 Å². The molecule has 4 nitrogen and oxygen atoms in total. The van der Waals surface area contributed by atoms with E-state index in [2.05, 4.69) is 37.4 Å². The van der Waals surface area contributed by atoms with E-state index in [1.165, 1.54) is 33.8 Å². The Morgan fingerprint density at radius 2 is 2.21 bits per heavy atom. The monoisotopic (exact) mass is 345 g/mol. The Balaban J connectivity index is 1.71. The van der Waals surface area contributed by atoms with Crippen LogP contribution in [0.4, 0.5) is 0 Å². The maximum absolute atomic E-state index is 12.2. The number of amides is 1. The maximum Gasteiger partial charge on any atom is 0.231 e. The smallest absolute Gasteiger partial charge is 0.231 e. The van der Waals surface area contributed by atoms with Gasteiger partial charge in [0.25, 0.3) is 0 Å². The highest BCUT2D eigenvalue weighted by molar-refractivity contribution is 8.04. The summed E-state index contributed by atoms with van der Waals surface area (Å²) < 4.78 is 0. The molecule has 2 atom stereocenters. The Morgan fingerprint density at radius 1 is 1.50 bits per heavy atom. The van der Waals surface area contributed by atoms with Gasteiger partial charge in [-0.25, -0.2) is 0 Å². The Hall–Kier alpha value is -1.49. The van der Waals surface area contributed by atoms with Crippen LogP contribution in [0.15, 0.2) is 34.3 Å². The van der Waals surface area contributed by atoms with Crippen molar-refractivity contribution >= 4 is 23.6 Å². The standard InChI is InChI=1S/C19H27N3OS/c1-5-13(10-12(2)14-6-7-14)15-8-9-16(24-15)19(3)11-17(23)22(4)18(20)21-19/h5,9-10,14-15H,6-8,11H2,1-4H3,(H2,20,21)/b12-10-,13-5+. The molecule has 2 aliphatic heterocycles. The highest BCUT2D eigenvalue weighted by Gasteiger charge is 2.42. The van der Waals surface area contributed by atoms with Crippen molar-refractivity contribution < 1.29 is 4.79 Å². The van der Waals surface area contributed by atoms with Crippen LogP contribution in [-0.4, -0.2) is 34.6 Å².